The van der Waals surface area contributed by atoms with E-state index in [1.165, 1.54) is 39.4 Å². The number of carbonyl (C=O) groups is 2. The quantitative estimate of drug-likeness (QED) is 0.127. The Hall–Kier alpha value is -3.18. The third kappa shape index (κ3) is 14.3. The zero-order valence-electron chi connectivity index (χ0n) is 30.5. The van der Waals surface area contributed by atoms with Crippen molar-refractivity contribution in [3.05, 3.63) is 58.5 Å². The zero-order chi connectivity index (χ0) is 39.6. The van der Waals surface area contributed by atoms with Gasteiger partial charge in [0.25, 0.3) is 5.91 Å². The number of rotatable bonds is 11. The number of hydrogen-bond acceptors (Lipinski definition) is 14. The van der Waals surface area contributed by atoms with Gasteiger partial charge in [0.2, 0.25) is 0 Å². The summed E-state index contributed by atoms with van der Waals surface area (Å²) in [5.74, 6) is -1.87. The van der Waals surface area contributed by atoms with Crippen LogP contribution in [0.5, 0.6) is 0 Å². The second kappa shape index (κ2) is 19.8. The number of ether oxygens (including phenoxy) is 3. The normalized spacial score (nSPS) is 31.5. The van der Waals surface area contributed by atoms with Crippen LogP contribution in [0.25, 0.3) is 0 Å². The van der Waals surface area contributed by atoms with Crippen LogP contribution in [0.3, 0.4) is 0 Å². The van der Waals surface area contributed by atoms with Crippen LogP contribution in [-0.2, 0) is 48.2 Å². The van der Waals surface area contributed by atoms with Crippen LogP contribution in [0, 0.1) is 11.8 Å². The maximum absolute atomic E-state index is 13.5. The lowest BCUT2D eigenvalue weighted by Crippen LogP contribution is -2.44. The van der Waals surface area contributed by atoms with Crippen LogP contribution in [0.15, 0.2) is 58.5 Å². The lowest BCUT2D eigenvalue weighted by Gasteiger charge is -2.35. The van der Waals surface area contributed by atoms with Crippen molar-refractivity contribution in [2.45, 2.75) is 77.2 Å². The van der Waals surface area contributed by atoms with Crippen LogP contribution < -0.4 is 16.4 Å². The number of carbonyl (C=O) groups excluding carboxylic acids is 2. The van der Waals surface area contributed by atoms with Crippen molar-refractivity contribution in [3.8, 4) is 0 Å². The Morgan fingerprint density at radius 3 is 2.23 bits per heavy atom. The molecular weight excluding hydrogens is 729 g/mol. The number of amides is 2. The highest BCUT2D eigenvalue weighted by Crippen LogP contribution is 2.35. The Kier molecular flexibility index (Phi) is 17.1. The van der Waals surface area contributed by atoms with E-state index in [9.17, 15) is 40.6 Å². The molecule has 18 nitrogen and oxygen atoms in total. The van der Waals surface area contributed by atoms with E-state index in [1.54, 1.807) is 40.9 Å². The van der Waals surface area contributed by atoms with Gasteiger partial charge >= 0.3 is 26.9 Å². The minimum absolute atomic E-state index is 0.00777. The highest BCUT2D eigenvalue weighted by molar-refractivity contribution is 7.81. The van der Waals surface area contributed by atoms with Crippen molar-refractivity contribution in [1.82, 2.24) is 15.5 Å². The van der Waals surface area contributed by atoms with Crippen molar-refractivity contribution >= 4 is 32.8 Å². The van der Waals surface area contributed by atoms with E-state index in [0.717, 1.165) is 6.08 Å². The molecule has 8 atom stereocenters. The molecule has 0 saturated heterocycles. The van der Waals surface area contributed by atoms with Gasteiger partial charge in [-0.05, 0) is 63.9 Å². The number of aliphatic hydroxyl groups is 1. The molecule has 0 aromatic carbocycles. The zero-order valence-corrected chi connectivity index (χ0v) is 32.1. The Morgan fingerprint density at radius 2 is 1.69 bits per heavy atom. The minimum Gasteiger partial charge on any atom is -0.439 e. The summed E-state index contributed by atoms with van der Waals surface area (Å²) in [6.07, 6.45) is -1.22. The van der Waals surface area contributed by atoms with Gasteiger partial charge in [0.15, 0.2) is 6.10 Å². The molecular formula is C32H52N4O14S2. The molecule has 1 heterocycles. The molecule has 2 aliphatic rings. The van der Waals surface area contributed by atoms with Crippen molar-refractivity contribution in [1.29, 1.82) is 0 Å². The summed E-state index contributed by atoms with van der Waals surface area (Å²) in [6, 6.07) is 0. The first-order valence-electron chi connectivity index (χ1n) is 16.3. The molecule has 296 valence electrons. The number of nitrogens with zero attached hydrogens (tertiary/aromatic N) is 1. The molecule has 0 aromatic rings. The summed E-state index contributed by atoms with van der Waals surface area (Å²) >= 11 is 0. The maximum Gasteiger partial charge on any atom is 0.405 e. The summed E-state index contributed by atoms with van der Waals surface area (Å²) in [5.41, 5.74) is 5.62. The van der Waals surface area contributed by atoms with E-state index < -0.39 is 81.3 Å². The van der Waals surface area contributed by atoms with Gasteiger partial charge in [0.1, 0.15) is 18.3 Å². The molecule has 0 spiro atoms. The molecule has 1 aliphatic heterocycles. The van der Waals surface area contributed by atoms with Crippen LogP contribution in [-0.4, -0.2) is 126 Å². The second-order valence-corrected chi connectivity index (χ2v) is 15.1. The standard InChI is InChI=1S/C32H52N4O14S2/c1-18-14-22-27(34-12-13-36(5)6)25(49-51(40,41)42)17-23(30(22)50-52(43,44)45)35-31(38)19(2)10-9-11-24(46-7)29(48-32(33)39)21(4)16-20(3)28(37)26(15-18)47-8/h9-11,16-18,20,24-26,28-30,34,37H,12-15H2,1-8H3,(H2,33,39)(H,35,38)(H,40,41,42)(H,43,44,45)/b11-9-,19-10+,21-16+/t18-,20+,24+,25?,26+,28-,29+,30?/m1/s1. The average molecular weight is 781 g/mol. The second-order valence-electron chi connectivity index (χ2n) is 13.0. The number of primary amides is 1. The van der Waals surface area contributed by atoms with Gasteiger partial charge < -0.3 is 40.6 Å². The number of nitrogens with two attached hydrogens (primary N) is 1. The predicted molar refractivity (Wildman–Crippen MR) is 189 cm³/mol. The van der Waals surface area contributed by atoms with E-state index in [4.69, 9.17) is 28.3 Å². The van der Waals surface area contributed by atoms with E-state index in [0.29, 0.717) is 12.1 Å². The summed E-state index contributed by atoms with van der Waals surface area (Å²) in [4.78, 5) is 27.1. The number of fused-ring (bicyclic) bond motifs is 2. The molecule has 0 fully saturated rings. The Labute approximate surface area is 305 Å². The number of likely N-dealkylation sites (N-methyl/N-ethyl adjacent to an activating group) is 1. The highest BCUT2D eigenvalue weighted by atomic mass is 32.3. The van der Waals surface area contributed by atoms with Gasteiger partial charge in [-0.1, -0.05) is 38.2 Å². The molecule has 52 heavy (non-hydrogen) atoms. The van der Waals surface area contributed by atoms with Crippen LogP contribution >= 0.6 is 0 Å². The van der Waals surface area contributed by atoms with Crippen molar-refractivity contribution in [2.75, 3.05) is 41.4 Å². The van der Waals surface area contributed by atoms with E-state index in [1.807, 2.05) is 4.90 Å². The third-order valence-corrected chi connectivity index (χ3v) is 9.24. The highest BCUT2D eigenvalue weighted by Gasteiger charge is 2.39. The lowest BCUT2D eigenvalue weighted by atomic mass is 9.84. The minimum atomic E-state index is -5.21. The molecule has 0 saturated carbocycles. The summed E-state index contributed by atoms with van der Waals surface area (Å²) in [5, 5.41) is 17.0. The van der Waals surface area contributed by atoms with Gasteiger partial charge in [0, 0.05) is 44.5 Å². The first-order valence-corrected chi connectivity index (χ1v) is 19.0. The molecule has 1 aliphatic carbocycles. The summed E-state index contributed by atoms with van der Waals surface area (Å²) < 4.78 is 94.9. The van der Waals surface area contributed by atoms with E-state index >= 15 is 0 Å². The SMILES string of the molecule is CO[C@H]1/C=C\C=C(/C)C(=O)NC2=CC(OS(=O)(=O)O)C(NCCN(C)C)=C(C[C@@H](C)C[C@H](OC)[C@H](O)[C@@H](C)/C=C(\C)[C@@H]1OC(N)=O)C2OS(=O)(=O)O. The first-order chi connectivity index (χ1) is 24.1. The maximum atomic E-state index is 13.5. The Morgan fingerprint density at radius 1 is 1.06 bits per heavy atom. The largest absolute Gasteiger partial charge is 0.439 e. The fourth-order valence-electron chi connectivity index (χ4n) is 5.88. The average Bonchev–Trinajstić information content (AvgIpc) is 3.01. The number of nitrogens with one attached hydrogen (secondary N) is 2. The van der Waals surface area contributed by atoms with E-state index in [-0.39, 0.29) is 41.9 Å². The number of hydrogen-bond donors (Lipinski definition) is 6. The predicted octanol–water partition coefficient (Wildman–Crippen LogP) is 1.15. The molecule has 20 heteroatoms. The van der Waals surface area contributed by atoms with Crippen LogP contribution in [0.1, 0.15) is 40.5 Å². The Balaban J connectivity index is 2.89. The Bertz CT molecular complexity index is 1640. The fourth-order valence-corrected chi connectivity index (χ4v) is 6.75. The summed E-state index contributed by atoms with van der Waals surface area (Å²) in [7, 11) is -4.02. The molecule has 0 radical (unpaired) electrons. The fraction of sp³-hybridized carbons (Fsp3) is 0.625. The first kappa shape index (κ1) is 45.0. The number of methoxy groups -OCH3 is 2. The van der Waals surface area contributed by atoms with Gasteiger partial charge in [-0.15, -0.1) is 0 Å². The molecule has 2 amide bonds. The third-order valence-electron chi connectivity index (χ3n) is 8.35. The molecule has 7 N–H and O–H groups in total. The lowest BCUT2D eigenvalue weighted by molar-refractivity contribution is -0.117. The smallest absolute Gasteiger partial charge is 0.405 e. The van der Waals surface area contributed by atoms with Crippen LogP contribution in [0.2, 0.25) is 0 Å². The molecule has 2 bridgehead atoms. The van der Waals surface area contributed by atoms with Gasteiger partial charge in [-0.25, -0.2) is 13.2 Å². The van der Waals surface area contributed by atoms with Crippen molar-refractivity contribution in [3.63, 3.8) is 0 Å². The van der Waals surface area contributed by atoms with Gasteiger partial charge in [0.05, 0.1) is 17.9 Å². The molecule has 2 unspecified atom stereocenters. The number of allylic oxidation sites excluding steroid dienone is 2. The van der Waals surface area contributed by atoms with Crippen LogP contribution in [0.4, 0.5) is 4.79 Å². The van der Waals surface area contributed by atoms with Crippen molar-refractivity contribution in [2.24, 2.45) is 17.6 Å². The monoisotopic (exact) mass is 780 g/mol. The molecule has 2 rings (SSSR count). The van der Waals surface area contributed by atoms with E-state index in [2.05, 4.69) is 10.6 Å². The van der Waals surface area contributed by atoms with Gasteiger partial charge in [-0.3, -0.25) is 13.9 Å². The topological polar surface area (TPSA) is 263 Å². The number of aliphatic hydroxyl groups excluding tert-OH is 1. The molecule has 0 aromatic heterocycles. The van der Waals surface area contributed by atoms with Crippen molar-refractivity contribution < 1.29 is 63.2 Å². The van der Waals surface area contributed by atoms with Gasteiger partial charge in [-0.2, -0.15) is 16.8 Å². The summed E-state index contributed by atoms with van der Waals surface area (Å²) in [6.45, 7) is 7.15.